The summed E-state index contributed by atoms with van der Waals surface area (Å²) in [5.74, 6) is -1.03. The third-order valence-electron chi connectivity index (χ3n) is 4.78. The van der Waals surface area contributed by atoms with E-state index < -0.39 is 11.5 Å². The topological polar surface area (TPSA) is 128 Å². The van der Waals surface area contributed by atoms with Crippen molar-refractivity contribution in [2.75, 3.05) is 11.9 Å². The van der Waals surface area contributed by atoms with E-state index in [0.717, 1.165) is 5.56 Å². The molecule has 31 heavy (non-hydrogen) atoms. The first-order valence-corrected chi connectivity index (χ1v) is 10.4. The maximum Gasteiger partial charge on any atom is 0.328 e. The molecule has 3 rings (SSSR count). The highest BCUT2D eigenvalue weighted by Crippen LogP contribution is 2.40. The lowest BCUT2D eigenvalue weighted by atomic mass is 10.0. The van der Waals surface area contributed by atoms with Crippen LogP contribution in [0.4, 0.5) is 5.00 Å². The predicted molar refractivity (Wildman–Crippen MR) is 117 cm³/mol. The van der Waals surface area contributed by atoms with E-state index in [9.17, 15) is 20.0 Å². The maximum atomic E-state index is 13.1. The number of carboxylic acid groups (broad SMARTS) is 1. The zero-order valence-electron chi connectivity index (χ0n) is 17.4. The Labute approximate surface area is 183 Å². The van der Waals surface area contributed by atoms with Crippen LogP contribution in [-0.4, -0.2) is 34.1 Å². The van der Waals surface area contributed by atoms with Crippen LogP contribution in [-0.2, 0) is 11.2 Å². The van der Waals surface area contributed by atoms with E-state index in [1.54, 1.807) is 19.1 Å². The summed E-state index contributed by atoms with van der Waals surface area (Å²) in [5, 5.41) is 25.0. The van der Waals surface area contributed by atoms with Crippen molar-refractivity contribution < 1.29 is 19.1 Å². The standard InChI is InChI=1S/C22H22N4O4S/c1-13-16(18(27)24-9-8-14-6-4-5-7-15(14)12-23)20(26-22(2,3)21(28)29)31-17(13)19-25-10-11-30-19/h4-7,10-11,26H,8-9H2,1-3H3,(H,24,27)(H,28,29). The maximum absolute atomic E-state index is 13.1. The minimum Gasteiger partial charge on any atom is -0.480 e. The molecule has 2 heterocycles. The van der Waals surface area contributed by atoms with Gasteiger partial charge >= 0.3 is 5.97 Å². The SMILES string of the molecule is Cc1c(-c2ncco2)sc(NC(C)(C)C(=O)O)c1C(=O)NCCc1ccccc1C#N. The Morgan fingerprint density at radius 3 is 2.71 bits per heavy atom. The lowest BCUT2D eigenvalue weighted by Crippen LogP contribution is -2.40. The Balaban J connectivity index is 1.86. The van der Waals surface area contributed by atoms with E-state index in [1.807, 2.05) is 12.1 Å². The van der Waals surface area contributed by atoms with E-state index in [4.69, 9.17) is 4.42 Å². The number of anilines is 1. The number of oxazole rings is 1. The zero-order chi connectivity index (χ0) is 22.6. The van der Waals surface area contributed by atoms with Crippen molar-refractivity contribution in [2.24, 2.45) is 0 Å². The second kappa shape index (κ2) is 9.02. The van der Waals surface area contributed by atoms with Gasteiger partial charge in [-0.25, -0.2) is 9.78 Å². The molecular formula is C22H22N4O4S. The van der Waals surface area contributed by atoms with Gasteiger partial charge in [-0.15, -0.1) is 11.3 Å². The lowest BCUT2D eigenvalue weighted by Gasteiger charge is -2.22. The van der Waals surface area contributed by atoms with Crippen molar-refractivity contribution in [3.8, 4) is 16.8 Å². The molecule has 0 aliphatic carbocycles. The number of hydrogen-bond donors (Lipinski definition) is 3. The van der Waals surface area contributed by atoms with E-state index in [1.165, 1.54) is 37.6 Å². The second-order valence-corrected chi connectivity index (χ2v) is 8.45. The predicted octanol–water partition coefficient (Wildman–Crippen LogP) is 3.83. The smallest absolute Gasteiger partial charge is 0.328 e. The molecule has 0 bridgehead atoms. The highest BCUT2D eigenvalue weighted by molar-refractivity contribution is 7.20. The Kier molecular flexibility index (Phi) is 6.42. The molecule has 0 saturated carbocycles. The fraction of sp³-hybridized carbons (Fsp3) is 0.273. The molecule has 3 aromatic rings. The Morgan fingerprint density at radius 2 is 2.06 bits per heavy atom. The van der Waals surface area contributed by atoms with Crippen LogP contribution in [0.15, 0.2) is 41.1 Å². The first kappa shape index (κ1) is 22.1. The molecule has 160 valence electrons. The lowest BCUT2D eigenvalue weighted by molar-refractivity contribution is -0.141. The van der Waals surface area contributed by atoms with Gasteiger partial charge in [-0.3, -0.25) is 4.79 Å². The monoisotopic (exact) mass is 438 g/mol. The number of carbonyl (C=O) groups is 2. The summed E-state index contributed by atoms with van der Waals surface area (Å²) in [7, 11) is 0. The van der Waals surface area contributed by atoms with Gasteiger partial charge in [0.15, 0.2) is 0 Å². The van der Waals surface area contributed by atoms with Crippen molar-refractivity contribution >= 4 is 28.2 Å². The molecular weight excluding hydrogens is 416 g/mol. The van der Waals surface area contributed by atoms with Gasteiger partial charge in [-0.05, 0) is 44.4 Å². The van der Waals surface area contributed by atoms with Gasteiger partial charge in [0.1, 0.15) is 16.8 Å². The van der Waals surface area contributed by atoms with Crippen molar-refractivity contribution in [1.82, 2.24) is 10.3 Å². The average molecular weight is 439 g/mol. The number of rotatable bonds is 8. The zero-order valence-corrected chi connectivity index (χ0v) is 18.2. The minimum atomic E-state index is -1.29. The Bertz CT molecular complexity index is 1140. The summed E-state index contributed by atoms with van der Waals surface area (Å²) < 4.78 is 5.38. The number of nitrogens with zero attached hydrogens (tertiary/aromatic N) is 2. The molecule has 1 amide bonds. The van der Waals surface area contributed by atoms with Crippen molar-refractivity contribution in [3.05, 3.63) is 59.0 Å². The van der Waals surface area contributed by atoms with Gasteiger partial charge in [-0.2, -0.15) is 5.26 Å². The number of benzene rings is 1. The highest BCUT2D eigenvalue weighted by atomic mass is 32.1. The molecule has 0 atom stereocenters. The first-order valence-electron chi connectivity index (χ1n) is 9.55. The highest BCUT2D eigenvalue weighted by Gasteiger charge is 2.32. The number of aromatic nitrogens is 1. The molecule has 1 aromatic carbocycles. The quantitative estimate of drug-likeness (QED) is 0.487. The number of aliphatic carboxylic acids is 1. The van der Waals surface area contributed by atoms with Crippen LogP contribution in [0.25, 0.3) is 10.8 Å². The summed E-state index contributed by atoms with van der Waals surface area (Å²) in [4.78, 5) is 29.5. The second-order valence-electron chi connectivity index (χ2n) is 7.43. The molecule has 0 saturated heterocycles. The number of thiophene rings is 1. The summed E-state index contributed by atoms with van der Waals surface area (Å²) in [5.41, 5.74) is 1.12. The van der Waals surface area contributed by atoms with Crippen molar-refractivity contribution in [1.29, 1.82) is 5.26 Å². The average Bonchev–Trinajstić information content (AvgIpc) is 3.36. The van der Waals surface area contributed by atoms with Crippen LogP contribution in [0.1, 0.15) is 40.9 Å². The number of amides is 1. The van der Waals surface area contributed by atoms with Crippen LogP contribution in [0.5, 0.6) is 0 Å². The van der Waals surface area contributed by atoms with Crippen LogP contribution in [0, 0.1) is 18.3 Å². The van der Waals surface area contributed by atoms with Gasteiger partial charge in [0, 0.05) is 6.54 Å². The summed E-state index contributed by atoms with van der Waals surface area (Å²) in [6.07, 6.45) is 3.44. The van der Waals surface area contributed by atoms with Crippen LogP contribution < -0.4 is 10.6 Å². The van der Waals surface area contributed by atoms with Crippen LogP contribution >= 0.6 is 11.3 Å². The van der Waals surface area contributed by atoms with Crippen LogP contribution in [0.3, 0.4) is 0 Å². The largest absolute Gasteiger partial charge is 0.480 e. The fourth-order valence-electron chi connectivity index (χ4n) is 3.00. The third-order valence-corrected chi connectivity index (χ3v) is 5.97. The van der Waals surface area contributed by atoms with E-state index in [2.05, 4.69) is 21.7 Å². The fourth-order valence-corrected chi connectivity index (χ4v) is 4.30. The third kappa shape index (κ3) is 4.75. The van der Waals surface area contributed by atoms with Gasteiger partial charge in [0.25, 0.3) is 5.91 Å². The number of carbonyl (C=O) groups excluding carboxylic acids is 1. The molecule has 0 spiro atoms. The van der Waals surface area contributed by atoms with E-state index in [0.29, 0.717) is 45.4 Å². The summed E-state index contributed by atoms with van der Waals surface area (Å²) >= 11 is 1.22. The molecule has 0 aliphatic rings. The molecule has 3 N–H and O–H groups in total. The van der Waals surface area contributed by atoms with Gasteiger partial charge in [0.2, 0.25) is 5.89 Å². The normalized spacial score (nSPS) is 11.0. The summed E-state index contributed by atoms with van der Waals surface area (Å²) in [6.45, 7) is 5.14. The molecule has 0 radical (unpaired) electrons. The van der Waals surface area contributed by atoms with Gasteiger partial charge in [0.05, 0.1) is 28.3 Å². The Hall–Kier alpha value is -3.64. The van der Waals surface area contributed by atoms with Crippen molar-refractivity contribution in [2.45, 2.75) is 32.7 Å². The molecule has 0 fully saturated rings. The van der Waals surface area contributed by atoms with E-state index in [-0.39, 0.29) is 5.91 Å². The molecule has 9 heteroatoms. The molecule has 8 nitrogen and oxygen atoms in total. The van der Waals surface area contributed by atoms with Gasteiger partial charge < -0.3 is 20.2 Å². The number of nitrogens with one attached hydrogen (secondary N) is 2. The number of hydrogen-bond acceptors (Lipinski definition) is 7. The number of nitriles is 1. The molecule has 2 aromatic heterocycles. The molecule has 0 unspecified atom stereocenters. The minimum absolute atomic E-state index is 0.322. The van der Waals surface area contributed by atoms with Gasteiger partial charge in [-0.1, -0.05) is 18.2 Å². The Morgan fingerprint density at radius 1 is 1.32 bits per heavy atom. The number of carboxylic acids is 1. The van der Waals surface area contributed by atoms with E-state index >= 15 is 0 Å². The van der Waals surface area contributed by atoms with Crippen molar-refractivity contribution in [3.63, 3.8) is 0 Å². The van der Waals surface area contributed by atoms with Crippen LogP contribution in [0.2, 0.25) is 0 Å². The molecule has 0 aliphatic heterocycles. The first-order chi connectivity index (χ1) is 14.7. The summed E-state index contributed by atoms with van der Waals surface area (Å²) in [6, 6.07) is 9.37.